The van der Waals surface area contributed by atoms with Crippen molar-refractivity contribution in [3.63, 3.8) is 0 Å². The van der Waals surface area contributed by atoms with Crippen molar-refractivity contribution in [3.05, 3.63) is 65.0 Å². The third kappa shape index (κ3) is 5.14. The van der Waals surface area contributed by atoms with E-state index in [2.05, 4.69) is 15.6 Å². The van der Waals surface area contributed by atoms with E-state index in [0.717, 1.165) is 23.8 Å². The van der Waals surface area contributed by atoms with Gasteiger partial charge in [0.25, 0.3) is 0 Å². The lowest BCUT2D eigenvalue weighted by atomic mass is 10.2. The van der Waals surface area contributed by atoms with Crippen molar-refractivity contribution in [2.45, 2.75) is 13.1 Å². The second kappa shape index (κ2) is 8.41. The molecule has 0 radical (unpaired) electrons. The van der Waals surface area contributed by atoms with Crippen molar-refractivity contribution in [1.82, 2.24) is 10.6 Å². The van der Waals surface area contributed by atoms with Crippen molar-refractivity contribution in [3.8, 4) is 0 Å². The summed E-state index contributed by atoms with van der Waals surface area (Å²) in [7, 11) is 5.11. The molecule has 134 valence electrons. The summed E-state index contributed by atoms with van der Waals surface area (Å²) in [4.78, 5) is 5.71. The van der Waals surface area contributed by atoms with Crippen LogP contribution in [0.4, 0.5) is 18.9 Å². The highest BCUT2D eigenvalue weighted by Crippen LogP contribution is 2.18. The standard InChI is InChI=1S/C18H21F3N4/c1-22-18(24-11-13-9-14(19)5-6-15(13)20)23-10-12-4-7-17(25(2)3)16(21)8-12/h4-9H,10-11H2,1-3H3,(H2,22,23,24). The normalized spacial score (nSPS) is 11.4. The Balaban J connectivity index is 1.94. The van der Waals surface area contributed by atoms with Crippen LogP contribution in [0.1, 0.15) is 11.1 Å². The van der Waals surface area contributed by atoms with E-state index in [1.807, 2.05) is 6.07 Å². The highest BCUT2D eigenvalue weighted by molar-refractivity contribution is 5.79. The molecule has 25 heavy (non-hydrogen) atoms. The van der Waals surface area contributed by atoms with Gasteiger partial charge in [0, 0.05) is 39.8 Å². The first kappa shape index (κ1) is 18.6. The van der Waals surface area contributed by atoms with Gasteiger partial charge in [0.05, 0.1) is 5.69 Å². The van der Waals surface area contributed by atoms with E-state index in [1.54, 1.807) is 32.1 Å². The Hall–Kier alpha value is -2.70. The van der Waals surface area contributed by atoms with Crippen LogP contribution in [0.5, 0.6) is 0 Å². The number of nitrogens with one attached hydrogen (secondary N) is 2. The van der Waals surface area contributed by atoms with E-state index in [0.29, 0.717) is 18.2 Å². The maximum atomic E-state index is 14.0. The third-order valence-corrected chi connectivity index (χ3v) is 3.63. The van der Waals surface area contributed by atoms with Crippen LogP contribution < -0.4 is 15.5 Å². The van der Waals surface area contributed by atoms with Crippen LogP contribution in [-0.2, 0) is 13.1 Å². The molecule has 4 nitrogen and oxygen atoms in total. The van der Waals surface area contributed by atoms with Gasteiger partial charge < -0.3 is 15.5 Å². The number of anilines is 1. The highest BCUT2D eigenvalue weighted by Gasteiger charge is 2.07. The molecule has 0 aliphatic heterocycles. The third-order valence-electron chi connectivity index (χ3n) is 3.63. The van der Waals surface area contributed by atoms with Crippen LogP contribution in [0.2, 0.25) is 0 Å². The average molecular weight is 350 g/mol. The molecule has 0 spiro atoms. The van der Waals surface area contributed by atoms with Crippen LogP contribution in [0.25, 0.3) is 0 Å². The Bertz CT molecular complexity index is 760. The first-order valence-corrected chi connectivity index (χ1v) is 7.75. The molecule has 0 aromatic heterocycles. The van der Waals surface area contributed by atoms with Crippen LogP contribution in [-0.4, -0.2) is 27.1 Å². The molecule has 7 heteroatoms. The van der Waals surface area contributed by atoms with E-state index in [4.69, 9.17) is 0 Å². The van der Waals surface area contributed by atoms with E-state index in [1.165, 1.54) is 6.07 Å². The zero-order valence-electron chi connectivity index (χ0n) is 14.4. The molecule has 0 saturated carbocycles. The topological polar surface area (TPSA) is 39.7 Å². The first-order valence-electron chi connectivity index (χ1n) is 7.75. The Morgan fingerprint density at radius 3 is 2.32 bits per heavy atom. The fourth-order valence-electron chi connectivity index (χ4n) is 2.29. The van der Waals surface area contributed by atoms with Gasteiger partial charge in [-0.3, -0.25) is 4.99 Å². The molecule has 2 aromatic carbocycles. The minimum Gasteiger partial charge on any atom is -0.375 e. The predicted molar refractivity (Wildman–Crippen MR) is 94.1 cm³/mol. The summed E-state index contributed by atoms with van der Waals surface area (Å²) in [5, 5.41) is 5.91. The SMILES string of the molecule is CN=C(NCc1ccc(N(C)C)c(F)c1)NCc1cc(F)ccc1F. The Kier molecular flexibility index (Phi) is 6.27. The fraction of sp³-hybridized carbons (Fsp3) is 0.278. The molecule has 0 atom stereocenters. The summed E-state index contributed by atoms with van der Waals surface area (Å²) in [6.45, 7) is 0.424. The summed E-state index contributed by atoms with van der Waals surface area (Å²) < 4.78 is 40.7. The van der Waals surface area contributed by atoms with Gasteiger partial charge in [0.15, 0.2) is 5.96 Å². The number of benzene rings is 2. The van der Waals surface area contributed by atoms with Crippen molar-refractivity contribution in [1.29, 1.82) is 0 Å². The zero-order chi connectivity index (χ0) is 18.4. The molecule has 2 rings (SSSR count). The number of hydrogen-bond donors (Lipinski definition) is 2. The van der Waals surface area contributed by atoms with E-state index in [9.17, 15) is 13.2 Å². The molecule has 0 fully saturated rings. The monoisotopic (exact) mass is 350 g/mol. The second-order valence-corrected chi connectivity index (χ2v) is 5.70. The number of guanidine groups is 1. The number of aliphatic imine (C=N–C) groups is 1. The summed E-state index contributed by atoms with van der Waals surface area (Å²) in [6, 6.07) is 8.23. The lowest BCUT2D eigenvalue weighted by molar-refractivity contribution is 0.581. The summed E-state index contributed by atoms with van der Waals surface area (Å²) in [5.74, 6) is -0.905. The number of hydrogen-bond acceptors (Lipinski definition) is 2. The van der Waals surface area contributed by atoms with Crippen molar-refractivity contribution >= 4 is 11.6 Å². The minimum atomic E-state index is -0.502. The Labute approximate surface area is 145 Å². The van der Waals surface area contributed by atoms with Crippen molar-refractivity contribution in [2.75, 3.05) is 26.0 Å². The van der Waals surface area contributed by atoms with Gasteiger partial charge in [-0.15, -0.1) is 0 Å². The second-order valence-electron chi connectivity index (χ2n) is 5.70. The molecule has 0 amide bonds. The number of halogens is 3. The zero-order valence-corrected chi connectivity index (χ0v) is 14.4. The molecular formula is C18H21F3N4. The van der Waals surface area contributed by atoms with Crippen molar-refractivity contribution in [2.24, 2.45) is 4.99 Å². The Morgan fingerprint density at radius 1 is 0.960 bits per heavy atom. The summed E-state index contributed by atoms with van der Waals surface area (Å²) in [6.07, 6.45) is 0. The van der Waals surface area contributed by atoms with E-state index >= 15 is 0 Å². The van der Waals surface area contributed by atoms with Crippen LogP contribution in [0.3, 0.4) is 0 Å². The molecule has 0 saturated heterocycles. The summed E-state index contributed by atoms with van der Waals surface area (Å²) >= 11 is 0. The van der Waals surface area contributed by atoms with E-state index in [-0.39, 0.29) is 17.9 Å². The Morgan fingerprint density at radius 2 is 1.68 bits per heavy atom. The molecular weight excluding hydrogens is 329 g/mol. The van der Waals surface area contributed by atoms with E-state index < -0.39 is 11.6 Å². The van der Waals surface area contributed by atoms with Gasteiger partial charge in [0.1, 0.15) is 17.5 Å². The molecule has 2 aromatic rings. The van der Waals surface area contributed by atoms with Gasteiger partial charge in [-0.25, -0.2) is 13.2 Å². The van der Waals surface area contributed by atoms with Gasteiger partial charge in [0.2, 0.25) is 0 Å². The van der Waals surface area contributed by atoms with Gasteiger partial charge in [-0.05, 0) is 35.9 Å². The minimum absolute atomic E-state index is 0.0806. The smallest absolute Gasteiger partial charge is 0.191 e. The van der Waals surface area contributed by atoms with Gasteiger partial charge in [-0.2, -0.15) is 0 Å². The molecule has 0 bridgehead atoms. The number of nitrogens with zero attached hydrogens (tertiary/aromatic N) is 2. The van der Waals surface area contributed by atoms with Crippen LogP contribution in [0.15, 0.2) is 41.4 Å². The quantitative estimate of drug-likeness (QED) is 0.643. The molecule has 2 N–H and O–H groups in total. The lowest BCUT2D eigenvalue weighted by Crippen LogP contribution is -2.36. The molecule has 0 aliphatic rings. The van der Waals surface area contributed by atoms with Crippen molar-refractivity contribution < 1.29 is 13.2 Å². The first-order chi connectivity index (χ1) is 11.9. The van der Waals surface area contributed by atoms with Gasteiger partial charge >= 0.3 is 0 Å². The molecule has 0 heterocycles. The van der Waals surface area contributed by atoms with Gasteiger partial charge in [-0.1, -0.05) is 6.07 Å². The maximum Gasteiger partial charge on any atom is 0.191 e. The fourth-order valence-corrected chi connectivity index (χ4v) is 2.29. The van der Waals surface area contributed by atoms with Crippen LogP contribution in [0, 0.1) is 17.5 Å². The summed E-state index contributed by atoms with van der Waals surface area (Å²) in [5.41, 5.74) is 1.44. The number of rotatable bonds is 5. The predicted octanol–water partition coefficient (Wildman–Crippen LogP) is 3.04. The molecule has 0 unspecified atom stereocenters. The van der Waals surface area contributed by atoms with Crippen LogP contribution >= 0.6 is 0 Å². The largest absolute Gasteiger partial charge is 0.375 e. The molecule has 0 aliphatic carbocycles. The average Bonchev–Trinajstić information content (AvgIpc) is 2.57. The maximum absolute atomic E-state index is 14.0. The highest BCUT2D eigenvalue weighted by atomic mass is 19.1. The lowest BCUT2D eigenvalue weighted by Gasteiger charge is -2.15.